The van der Waals surface area contributed by atoms with Crippen LogP contribution in [0.25, 0.3) is 11.6 Å². The maximum atomic E-state index is 13.5. The SMILES string of the molecule is CC1=C(C(=O)OC/C=C/c2ccc(Cn3ccnc3)cc2)C(c2cccc([N+](=O)[O-])c2)C(c2ccco2)=C(C)N1. The summed E-state index contributed by atoms with van der Waals surface area (Å²) in [6.45, 7) is 4.48. The quantitative estimate of drug-likeness (QED) is 0.157. The number of nitro groups is 1. The summed E-state index contributed by atoms with van der Waals surface area (Å²) in [6.07, 6.45) is 10.7. The second kappa shape index (κ2) is 11.7. The van der Waals surface area contributed by atoms with Crippen molar-refractivity contribution in [2.45, 2.75) is 26.3 Å². The van der Waals surface area contributed by atoms with E-state index in [2.05, 4.69) is 10.3 Å². The molecule has 1 aliphatic heterocycles. The number of esters is 1. The van der Waals surface area contributed by atoms with Crippen molar-refractivity contribution in [1.29, 1.82) is 0 Å². The number of imidazole rings is 1. The van der Waals surface area contributed by atoms with Crippen molar-refractivity contribution in [3.05, 3.63) is 141 Å². The molecule has 0 radical (unpaired) electrons. The van der Waals surface area contributed by atoms with Crippen molar-refractivity contribution in [3.63, 3.8) is 0 Å². The molecule has 5 rings (SSSR count). The van der Waals surface area contributed by atoms with Crippen LogP contribution in [-0.4, -0.2) is 27.1 Å². The molecule has 0 amide bonds. The average Bonchev–Trinajstić information content (AvgIpc) is 3.66. The number of rotatable bonds is 9. The molecular formula is C31H28N4O5. The molecule has 1 aliphatic rings. The van der Waals surface area contributed by atoms with Gasteiger partial charge in [0.25, 0.3) is 5.69 Å². The van der Waals surface area contributed by atoms with Gasteiger partial charge in [0, 0.05) is 54.0 Å². The first kappa shape index (κ1) is 26.4. The van der Waals surface area contributed by atoms with Crippen LogP contribution in [0.5, 0.6) is 0 Å². The second-order valence-electron chi connectivity index (χ2n) is 9.44. The van der Waals surface area contributed by atoms with Gasteiger partial charge in [0.1, 0.15) is 12.4 Å². The molecule has 0 saturated heterocycles. The van der Waals surface area contributed by atoms with E-state index in [1.54, 1.807) is 56.1 Å². The Morgan fingerprint density at radius 3 is 2.67 bits per heavy atom. The zero-order valence-corrected chi connectivity index (χ0v) is 22.1. The molecule has 40 heavy (non-hydrogen) atoms. The third-order valence-electron chi connectivity index (χ3n) is 6.71. The van der Waals surface area contributed by atoms with Crippen LogP contribution < -0.4 is 5.32 Å². The molecule has 0 fully saturated rings. The van der Waals surface area contributed by atoms with E-state index < -0.39 is 16.8 Å². The van der Waals surface area contributed by atoms with Gasteiger partial charge in [-0.25, -0.2) is 9.78 Å². The first-order valence-electron chi connectivity index (χ1n) is 12.8. The minimum absolute atomic E-state index is 0.0585. The van der Waals surface area contributed by atoms with Gasteiger partial charge in [0.2, 0.25) is 0 Å². The molecule has 3 heterocycles. The first-order valence-corrected chi connectivity index (χ1v) is 12.8. The van der Waals surface area contributed by atoms with Crippen LogP contribution in [0.3, 0.4) is 0 Å². The molecule has 9 nitrogen and oxygen atoms in total. The number of furan rings is 1. The zero-order chi connectivity index (χ0) is 28.1. The number of nitrogens with zero attached hydrogens (tertiary/aromatic N) is 3. The summed E-state index contributed by atoms with van der Waals surface area (Å²) in [7, 11) is 0. The van der Waals surface area contributed by atoms with Gasteiger partial charge < -0.3 is 19.0 Å². The number of nitrogens with one attached hydrogen (secondary N) is 1. The van der Waals surface area contributed by atoms with Gasteiger partial charge in [-0.05, 0) is 48.7 Å². The highest BCUT2D eigenvalue weighted by molar-refractivity contribution is 5.97. The van der Waals surface area contributed by atoms with Gasteiger partial charge in [-0.1, -0.05) is 42.5 Å². The lowest BCUT2D eigenvalue weighted by Crippen LogP contribution is -2.28. The fraction of sp³-hybridized carbons (Fsp3) is 0.161. The zero-order valence-electron chi connectivity index (χ0n) is 22.1. The number of nitro benzene ring substituents is 1. The molecular weight excluding hydrogens is 508 g/mol. The number of non-ortho nitro benzene ring substituents is 1. The molecule has 4 aromatic rings. The Balaban J connectivity index is 1.34. The van der Waals surface area contributed by atoms with E-state index in [0.29, 0.717) is 22.6 Å². The normalized spacial score (nSPS) is 15.4. The lowest BCUT2D eigenvalue weighted by molar-refractivity contribution is -0.384. The molecule has 0 aliphatic carbocycles. The topological polar surface area (TPSA) is 112 Å². The number of carbonyl (C=O) groups is 1. The first-order chi connectivity index (χ1) is 19.4. The minimum atomic E-state index is -0.619. The van der Waals surface area contributed by atoms with Crippen LogP contribution in [0.15, 0.2) is 113 Å². The monoisotopic (exact) mass is 536 g/mol. The number of carbonyl (C=O) groups excluding carboxylic acids is 1. The molecule has 0 saturated carbocycles. The van der Waals surface area contributed by atoms with E-state index in [0.717, 1.165) is 28.9 Å². The molecule has 1 N–H and O–H groups in total. The Labute approximate surface area is 231 Å². The number of benzene rings is 2. The third kappa shape index (κ3) is 5.78. The Morgan fingerprint density at radius 2 is 1.98 bits per heavy atom. The van der Waals surface area contributed by atoms with Crippen molar-refractivity contribution >= 4 is 23.3 Å². The van der Waals surface area contributed by atoms with Crippen LogP contribution in [0, 0.1) is 10.1 Å². The number of ether oxygens (including phenoxy) is 1. The summed E-state index contributed by atoms with van der Waals surface area (Å²) >= 11 is 0. The van der Waals surface area contributed by atoms with Crippen molar-refractivity contribution in [1.82, 2.24) is 14.9 Å². The van der Waals surface area contributed by atoms with E-state index >= 15 is 0 Å². The van der Waals surface area contributed by atoms with E-state index in [-0.39, 0.29) is 12.3 Å². The number of allylic oxidation sites excluding steroid dienone is 3. The van der Waals surface area contributed by atoms with Crippen LogP contribution in [0.1, 0.15) is 42.2 Å². The van der Waals surface area contributed by atoms with Crippen molar-refractivity contribution < 1.29 is 18.9 Å². The highest BCUT2D eigenvalue weighted by Gasteiger charge is 2.36. The van der Waals surface area contributed by atoms with Gasteiger partial charge in [-0.2, -0.15) is 0 Å². The Hall–Kier alpha value is -5.18. The van der Waals surface area contributed by atoms with Gasteiger partial charge in [-0.3, -0.25) is 10.1 Å². The van der Waals surface area contributed by atoms with Crippen LogP contribution in [-0.2, 0) is 16.1 Å². The highest BCUT2D eigenvalue weighted by Crippen LogP contribution is 2.44. The number of aromatic nitrogens is 2. The number of dihydropyridines is 1. The van der Waals surface area contributed by atoms with Crippen molar-refractivity contribution in [2.24, 2.45) is 0 Å². The average molecular weight is 537 g/mol. The predicted octanol–water partition coefficient (Wildman–Crippen LogP) is 6.08. The largest absolute Gasteiger partial charge is 0.465 e. The Morgan fingerprint density at radius 1 is 1.15 bits per heavy atom. The fourth-order valence-electron chi connectivity index (χ4n) is 4.89. The smallest absolute Gasteiger partial charge is 0.337 e. The summed E-state index contributed by atoms with van der Waals surface area (Å²) in [5.41, 5.74) is 5.16. The maximum absolute atomic E-state index is 13.5. The van der Waals surface area contributed by atoms with Gasteiger partial charge >= 0.3 is 5.97 Å². The third-order valence-corrected chi connectivity index (χ3v) is 6.71. The number of hydrogen-bond donors (Lipinski definition) is 1. The lowest BCUT2D eigenvalue weighted by Gasteiger charge is -2.30. The van der Waals surface area contributed by atoms with Crippen molar-refractivity contribution in [3.8, 4) is 0 Å². The van der Waals surface area contributed by atoms with Crippen molar-refractivity contribution in [2.75, 3.05) is 6.61 Å². The highest BCUT2D eigenvalue weighted by atomic mass is 16.6. The molecule has 202 valence electrons. The lowest BCUT2D eigenvalue weighted by atomic mass is 9.79. The summed E-state index contributed by atoms with van der Waals surface area (Å²) in [5, 5.41) is 14.8. The van der Waals surface area contributed by atoms with E-state index in [4.69, 9.17) is 9.15 Å². The Bertz CT molecular complexity index is 1600. The Kier molecular flexibility index (Phi) is 7.72. The van der Waals surface area contributed by atoms with Gasteiger partial charge in [0.05, 0.1) is 23.1 Å². The molecule has 1 atom stereocenters. The minimum Gasteiger partial charge on any atom is -0.465 e. The standard InChI is InChI=1S/C31H28N4O5/c1-21-28(27-9-5-16-39-27)30(25-7-3-8-26(18-25)35(37)38)29(22(2)33-21)31(36)40-17-4-6-23-10-12-24(13-11-23)19-34-15-14-32-20-34/h3-16,18,20,30,33H,17,19H2,1-2H3/b6-4+. The molecule has 2 aromatic heterocycles. The molecule has 0 spiro atoms. The maximum Gasteiger partial charge on any atom is 0.337 e. The van der Waals surface area contributed by atoms with Gasteiger partial charge in [-0.15, -0.1) is 0 Å². The molecule has 9 heteroatoms. The second-order valence-corrected chi connectivity index (χ2v) is 9.44. The fourth-order valence-corrected chi connectivity index (χ4v) is 4.89. The molecule has 1 unspecified atom stereocenters. The number of hydrogen-bond acceptors (Lipinski definition) is 7. The van der Waals surface area contributed by atoms with E-state index in [1.807, 2.05) is 48.0 Å². The van der Waals surface area contributed by atoms with Crippen LogP contribution >= 0.6 is 0 Å². The van der Waals surface area contributed by atoms with E-state index in [1.165, 1.54) is 12.1 Å². The molecule has 2 aromatic carbocycles. The van der Waals surface area contributed by atoms with E-state index in [9.17, 15) is 14.9 Å². The van der Waals surface area contributed by atoms with Crippen LogP contribution in [0.4, 0.5) is 5.69 Å². The summed E-state index contributed by atoms with van der Waals surface area (Å²) in [4.78, 5) is 28.6. The van der Waals surface area contributed by atoms with Crippen LogP contribution in [0.2, 0.25) is 0 Å². The summed E-state index contributed by atoms with van der Waals surface area (Å²) in [5.74, 6) is -0.569. The summed E-state index contributed by atoms with van der Waals surface area (Å²) in [6, 6.07) is 18.0. The van der Waals surface area contributed by atoms with Gasteiger partial charge in [0.15, 0.2) is 0 Å². The molecule has 0 bridgehead atoms. The predicted molar refractivity (Wildman–Crippen MR) is 151 cm³/mol. The summed E-state index contributed by atoms with van der Waals surface area (Å²) < 4.78 is 13.4.